The van der Waals surface area contributed by atoms with Crippen molar-refractivity contribution in [2.24, 2.45) is 5.92 Å². The van der Waals surface area contributed by atoms with E-state index in [1.807, 2.05) is 18.2 Å². The van der Waals surface area contributed by atoms with Gasteiger partial charge in [0.05, 0.1) is 23.2 Å². The van der Waals surface area contributed by atoms with E-state index in [0.29, 0.717) is 33.9 Å². The Balaban J connectivity index is 2.11. The van der Waals surface area contributed by atoms with Crippen molar-refractivity contribution in [2.45, 2.75) is 33.2 Å². The van der Waals surface area contributed by atoms with E-state index >= 15 is 0 Å². The summed E-state index contributed by atoms with van der Waals surface area (Å²) in [5.74, 6) is 0.0588. The topological polar surface area (TPSA) is 50.4 Å². The fourth-order valence-electron chi connectivity index (χ4n) is 2.73. The lowest BCUT2D eigenvalue weighted by molar-refractivity contribution is 0.0526. The second kappa shape index (κ2) is 10.3. The number of nitrogens with one attached hydrogen (secondary N) is 2. The molecule has 1 atom stereocenters. The molecule has 0 saturated heterocycles. The summed E-state index contributed by atoms with van der Waals surface area (Å²) in [6, 6.07) is 15.4. The van der Waals surface area contributed by atoms with E-state index in [4.69, 9.17) is 28.6 Å². The van der Waals surface area contributed by atoms with Gasteiger partial charge in [-0.3, -0.25) is 0 Å². The van der Waals surface area contributed by atoms with Gasteiger partial charge in [0, 0.05) is 5.69 Å². The van der Waals surface area contributed by atoms with Gasteiger partial charge in [0.1, 0.15) is 0 Å². The van der Waals surface area contributed by atoms with Crippen LogP contribution in [0.15, 0.2) is 48.5 Å². The quantitative estimate of drug-likeness (QED) is 0.465. The third-order valence-electron chi connectivity index (χ3n) is 3.93. The average Bonchev–Trinajstić information content (AvgIpc) is 2.63. The van der Waals surface area contributed by atoms with E-state index in [1.165, 1.54) is 5.56 Å². The number of hydrogen-bond acceptors (Lipinski definition) is 3. The molecule has 2 aromatic carbocycles. The first-order valence-corrected chi connectivity index (χ1v) is 9.78. The van der Waals surface area contributed by atoms with Crippen molar-refractivity contribution in [3.63, 3.8) is 0 Å². The molecular formula is C21H25ClN2O2S. The lowest BCUT2D eigenvalue weighted by Gasteiger charge is -2.23. The minimum Gasteiger partial charge on any atom is -0.462 e. The van der Waals surface area contributed by atoms with Gasteiger partial charge in [-0.05, 0) is 55.2 Å². The number of thiocarbonyl (C=S) groups is 1. The predicted octanol–water partition coefficient (Wildman–Crippen LogP) is 5.59. The van der Waals surface area contributed by atoms with E-state index in [2.05, 4.69) is 36.6 Å². The number of esters is 1. The minimum atomic E-state index is -0.452. The summed E-state index contributed by atoms with van der Waals surface area (Å²) >= 11 is 11.6. The molecule has 0 heterocycles. The highest BCUT2D eigenvalue weighted by atomic mass is 35.5. The number of rotatable bonds is 7. The first-order valence-electron chi connectivity index (χ1n) is 8.99. The molecule has 0 amide bonds. The average molecular weight is 405 g/mol. The molecule has 0 fully saturated rings. The Morgan fingerprint density at radius 2 is 1.89 bits per heavy atom. The van der Waals surface area contributed by atoms with E-state index < -0.39 is 5.97 Å². The van der Waals surface area contributed by atoms with Crippen LogP contribution in [0.25, 0.3) is 0 Å². The normalized spacial score (nSPS) is 11.7. The maximum Gasteiger partial charge on any atom is 0.339 e. The molecule has 0 unspecified atom stereocenters. The molecule has 27 heavy (non-hydrogen) atoms. The van der Waals surface area contributed by atoms with Gasteiger partial charge in [-0.2, -0.15) is 0 Å². The first kappa shape index (κ1) is 21.2. The highest BCUT2D eigenvalue weighted by Crippen LogP contribution is 2.23. The molecule has 0 bridgehead atoms. The van der Waals surface area contributed by atoms with Crippen molar-refractivity contribution in [3.05, 3.63) is 64.7 Å². The highest BCUT2D eigenvalue weighted by molar-refractivity contribution is 7.80. The summed E-state index contributed by atoms with van der Waals surface area (Å²) < 4.78 is 5.04. The zero-order chi connectivity index (χ0) is 19.8. The molecule has 0 aromatic heterocycles. The Hall–Kier alpha value is -2.11. The molecule has 4 nitrogen and oxygen atoms in total. The molecule has 144 valence electrons. The summed E-state index contributed by atoms with van der Waals surface area (Å²) in [6.45, 7) is 6.41. The fourth-order valence-corrected chi connectivity index (χ4v) is 3.18. The second-order valence-corrected chi connectivity index (χ2v) is 7.42. The minimum absolute atomic E-state index is 0.100. The van der Waals surface area contributed by atoms with Crippen molar-refractivity contribution >= 4 is 40.6 Å². The number of benzene rings is 2. The fraction of sp³-hybridized carbons (Fsp3) is 0.333. The smallest absolute Gasteiger partial charge is 0.339 e. The lowest BCUT2D eigenvalue weighted by atomic mass is 9.97. The zero-order valence-corrected chi connectivity index (χ0v) is 17.4. The summed E-state index contributed by atoms with van der Waals surface area (Å²) in [5.41, 5.74) is 2.17. The Kier molecular flexibility index (Phi) is 8.07. The predicted molar refractivity (Wildman–Crippen MR) is 115 cm³/mol. The molecule has 2 N–H and O–H groups in total. The van der Waals surface area contributed by atoms with E-state index in [9.17, 15) is 4.79 Å². The van der Waals surface area contributed by atoms with Crippen LogP contribution in [-0.2, 0) is 4.74 Å². The SMILES string of the molecule is CCOC(=O)c1cc(NC(=S)N[C@@H](CC(C)C)c2ccccc2)ccc1Cl. The van der Waals surface area contributed by atoms with Crippen molar-refractivity contribution in [1.82, 2.24) is 5.32 Å². The largest absolute Gasteiger partial charge is 0.462 e. The van der Waals surface area contributed by atoms with Gasteiger partial charge in [-0.15, -0.1) is 0 Å². The monoisotopic (exact) mass is 404 g/mol. The molecule has 0 spiro atoms. The third-order valence-corrected chi connectivity index (χ3v) is 4.48. The van der Waals surface area contributed by atoms with Crippen molar-refractivity contribution in [3.8, 4) is 0 Å². The second-order valence-electron chi connectivity index (χ2n) is 6.61. The highest BCUT2D eigenvalue weighted by Gasteiger charge is 2.16. The van der Waals surface area contributed by atoms with Crippen molar-refractivity contribution in [2.75, 3.05) is 11.9 Å². The molecule has 2 rings (SSSR count). The molecule has 2 aromatic rings. The molecule has 0 saturated carbocycles. The van der Waals surface area contributed by atoms with Crippen LogP contribution in [0, 0.1) is 5.92 Å². The molecule has 0 aliphatic rings. The Labute approximate surface area is 171 Å². The van der Waals surface area contributed by atoms with Crippen molar-refractivity contribution in [1.29, 1.82) is 0 Å². The molecule has 6 heteroatoms. The maximum absolute atomic E-state index is 12.0. The Morgan fingerprint density at radius 3 is 2.52 bits per heavy atom. The van der Waals surface area contributed by atoms with Gasteiger partial charge in [0.25, 0.3) is 0 Å². The van der Waals surface area contributed by atoms with Gasteiger partial charge in [-0.1, -0.05) is 55.8 Å². The van der Waals surface area contributed by atoms with Gasteiger partial charge in [-0.25, -0.2) is 4.79 Å². The number of carbonyl (C=O) groups excluding carboxylic acids is 1. The standard InChI is InChI=1S/C21H25ClN2O2S/c1-4-26-20(25)17-13-16(10-11-18(17)22)23-21(27)24-19(12-14(2)3)15-8-6-5-7-9-15/h5-11,13-14,19H,4,12H2,1-3H3,(H2,23,24,27)/t19-/m0/s1. The first-order chi connectivity index (χ1) is 12.9. The van der Waals surface area contributed by atoms with Gasteiger partial charge < -0.3 is 15.4 Å². The van der Waals surface area contributed by atoms with Crippen LogP contribution in [0.2, 0.25) is 5.02 Å². The zero-order valence-electron chi connectivity index (χ0n) is 15.8. The van der Waals surface area contributed by atoms with Crippen LogP contribution in [0.1, 0.15) is 49.2 Å². The summed E-state index contributed by atoms with van der Waals surface area (Å²) in [6.07, 6.45) is 0.945. The third kappa shape index (κ3) is 6.52. The van der Waals surface area contributed by atoms with Crippen LogP contribution in [0.3, 0.4) is 0 Å². The van der Waals surface area contributed by atoms with E-state index in [1.54, 1.807) is 25.1 Å². The van der Waals surface area contributed by atoms with Crippen LogP contribution in [0.4, 0.5) is 5.69 Å². The molecule has 0 radical (unpaired) electrons. The number of ether oxygens (including phenoxy) is 1. The number of carbonyl (C=O) groups is 1. The summed E-state index contributed by atoms with van der Waals surface area (Å²) in [5, 5.41) is 7.34. The van der Waals surface area contributed by atoms with E-state index in [0.717, 1.165) is 6.42 Å². The molecule has 0 aliphatic carbocycles. The lowest BCUT2D eigenvalue weighted by Crippen LogP contribution is -2.33. The van der Waals surface area contributed by atoms with Crippen LogP contribution in [-0.4, -0.2) is 17.7 Å². The van der Waals surface area contributed by atoms with Gasteiger partial charge in [0.15, 0.2) is 5.11 Å². The van der Waals surface area contributed by atoms with Crippen LogP contribution >= 0.6 is 23.8 Å². The summed E-state index contributed by atoms with van der Waals surface area (Å²) in [7, 11) is 0. The van der Waals surface area contributed by atoms with Gasteiger partial charge >= 0.3 is 5.97 Å². The van der Waals surface area contributed by atoms with Crippen LogP contribution in [0.5, 0.6) is 0 Å². The Bertz CT molecular complexity index is 781. The summed E-state index contributed by atoms with van der Waals surface area (Å²) in [4.78, 5) is 12.0. The van der Waals surface area contributed by atoms with E-state index in [-0.39, 0.29) is 6.04 Å². The number of halogens is 1. The van der Waals surface area contributed by atoms with Crippen LogP contribution < -0.4 is 10.6 Å². The number of hydrogen-bond donors (Lipinski definition) is 2. The molecule has 0 aliphatic heterocycles. The molecular weight excluding hydrogens is 380 g/mol. The maximum atomic E-state index is 12.0. The Morgan fingerprint density at radius 1 is 1.19 bits per heavy atom. The van der Waals surface area contributed by atoms with Crippen molar-refractivity contribution < 1.29 is 9.53 Å². The number of anilines is 1. The van der Waals surface area contributed by atoms with Gasteiger partial charge in [0.2, 0.25) is 0 Å².